The van der Waals surface area contributed by atoms with Gasteiger partial charge >= 0.3 is 5.97 Å². The first-order valence-electron chi connectivity index (χ1n) is 7.51. The Kier molecular flexibility index (Phi) is 4.26. The number of carboxylic acids is 1. The summed E-state index contributed by atoms with van der Waals surface area (Å²) in [5.41, 5.74) is 0. The number of thiophene rings is 1. The van der Waals surface area contributed by atoms with E-state index in [2.05, 4.69) is 4.90 Å². The van der Waals surface area contributed by atoms with E-state index >= 15 is 0 Å². The standard InChI is InChI=1S/C15H20N2O3S/c18-14(12-4-5-13(21-12)15(19)20)17-9-6-11(10-17)16-7-2-1-3-8-16/h4-5,11H,1-3,6-10H2,(H,19,20). The second-order valence-corrected chi connectivity index (χ2v) is 6.84. The average Bonchev–Trinajstić information content (AvgIpc) is 3.17. The molecule has 2 aliphatic heterocycles. The Labute approximate surface area is 128 Å². The van der Waals surface area contributed by atoms with E-state index in [0.717, 1.165) is 43.9 Å². The maximum absolute atomic E-state index is 12.4. The van der Waals surface area contributed by atoms with Crippen LogP contribution in [0.4, 0.5) is 0 Å². The van der Waals surface area contributed by atoms with Gasteiger partial charge in [0.05, 0.1) is 4.88 Å². The number of amides is 1. The van der Waals surface area contributed by atoms with Crippen LogP contribution in [0, 0.1) is 0 Å². The second kappa shape index (κ2) is 6.15. The topological polar surface area (TPSA) is 60.9 Å². The zero-order chi connectivity index (χ0) is 14.8. The molecular formula is C15H20N2O3S. The molecule has 0 saturated carbocycles. The molecule has 2 saturated heterocycles. The van der Waals surface area contributed by atoms with E-state index in [0.29, 0.717) is 10.9 Å². The fourth-order valence-corrected chi connectivity index (χ4v) is 4.04. The molecule has 1 amide bonds. The van der Waals surface area contributed by atoms with Crippen LogP contribution in [0.15, 0.2) is 12.1 Å². The predicted octanol–water partition coefficient (Wildman–Crippen LogP) is 2.15. The second-order valence-electron chi connectivity index (χ2n) is 5.76. The van der Waals surface area contributed by atoms with Crippen molar-refractivity contribution in [2.75, 3.05) is 26.2 Å². The van der Waals surface area contributed by atoms with Crippen LogP contribution in [-0.4, -0.2) is 59.0 Å². The first kappa shape index (κ1) is 14.5. The summed E-state index contributed by atoms with van der Waals surface area (Å²) >= 11 is 1.07. The molecule has 1 atom stereocenters. The van der Waals surface area contributed by atoms with Gasteiger partial charge in [-0.05, 0) is 44.5 Å². The summed E-state index contributed by atoms with van der Waals surface area (Å²) in [7, 11) is 0. The van der Waals surface area contributed by atoms with Gasteiger partial charge in [-0.15, -0.1) is 11.3 Å². The zero-order valence-electron chi connectivity index (χ0n) is 12.0. The number of likely N-dealkylation sites (tertiary alicyclic amines) is 2. The summed E-state index contributed by atoms with van der Waals surface area (Å²) < 4.78 is 0. The Balaban J connectivity index is 1.62. The smallest absolute Gasteiger partial charge is 0.345 e. The summed E-state index contributed by atoms with van der Waals surface area (Å²) in [5.74, 6) is -0.987. The van der Waals surface area contributed by atoms with Gasteiger partial charge in [0.2, 0.25) is 0 Å². The molecule has 1 N–H and O–H groups in total. The van der Waals surface area contributed by atoms with Crippen LogP contribution in [0.5, 0.6) is 0 Å². The molecule has 0 aromatic carbocycles. The monoisotopic (exact) mass is 308 g/mol. The summed E-state index contributed by atoms with van der Waals surface area (Å²) in [4.78, 5) is 28.5. The zero-order valence-corrected chi connectivity index (χ0v) is 12.8. The molecular weight excluding hydrogens is 288 g/mol. The van der Waals surface area contributed by atoms with Crippen molar-refractivity contribution in [3.63, 3.8) is 0 Å². The number of carbonyl (C=O) groups is 2. The molecule has 2 aliphatic rings. The van der Waals surface area contributed by atoms with Crippen molar-refractivity contribution in [3.8, 4) is 0 Å². The van der Waals surface area contributed by atoms with E-state index < -0.39 is 5.97 Å². The largest absolute Gasteiger partial charge is 0.477 e. The van der Waals surface area contributed by atoms with Gasteiger partial charge < -0.3 is 10.0 Å². The van der Waals surface area contributed by atoms with E-state index in [9.17, 15) is 9.59 Å². The maximum atomic E-state index is 12.4. The van der Waals surface area contributed by atoms with Crippen LogP contribution in [0.1, 0.15) is 45.0 Å². The van der Waals surface area contributed by atoms with E-state index in [-0.39, 0.29) is 10.8 Å². The highest BCUT2D eigenvalue weighted by Crippen LogP contribution is 2.24. The van der Waals surface area contributed by atoms with Gasteiger partial charge in [0.25, 0.3) is 5.91 Å². The number of carbonyl (C=O) groups excluding carboxylic acids is 1. The van der Waals surface area contributed by atoms with Gasteiger partial charge in [0.1, 0.15) is 4.88 Å². The molecule has 114 valence electrons. The van der Waals surface area contributed by atoms with Gasteiger partial charge in [-0.2, -0.15) is 0 Å². The van der Waals surface area contributed by atoms with Crippen LogP contribution in [0.25, 0.3) is 0 Å². The Bertz CT molecular complexity index is 537. The lowest BCUT2D eigenvalue weighted by atomic mass is 10.1. The van der Waals surface area contributed by atoms with Crippen molar-refractivity contribution >= 4 is 23.2 Å². The molecule has 2 fully saturated rings. The minimum absolute atomic E-state index is 0.0213. The number of nitrogens with zero attached hydrogens (tertiary/aromatic N) is 2. The number of rotatable bonds is 3. The normalized spacial score (nSPS) is 23.4. The van der Waals surface area contributed by atoms with E-state index in [1.807, 2.05) is 4.90 Å². The molecule has 0 spiro atoms. The SMILES string of the molecule is O=C(O)c1ccc(C(=O)N2CCC(N3CCCCC3)C2)s1. The Morgan fingerprint density at radius 1 is 1.10 bits per heavy atom. The Morgan fingerprint density at radius 2 is 1.81 bits per heavy atom. The van der Waals surface area contributed by atoms with Crippen molar-refractivity contribution in [3.05, 3.63) is 21.9 Å². The third-order valence-corrected chi connectivity index (χ3v) is 5.45. The van der Waals surface area contributed by atoms with Gasteiger partial charge in [-0.1, -0.05) is 6.42 Å². The van der Waals surface area contributed by atoms with Gasteiger partial charge in [-0.3, -0.25) is 9.69 Å². The summed E-state index contributed by atoms with van der Waals surface area (Å²) in [6, 6.07) is 3.62. The van der Waals surface area contributed by atoms with Crippen molar-refractivity contribution in [2.45, 2.75) is 31.7 Å². The van der Waals surface area contributed by atoms with Crippen LogP contribution < -0.4 is 0 Å². The third kappa shape index (κ3) is 3.11. The predicted molar refractivity (Wildman–Crippen MR) is 81.0 cm³/mol. The molecule has 3 rings (SSSR count). The van der Waals surface area contributed by atoms with Crippen molar-refractivity contribution in [1.29, 1.82) is 0 Å². The Morgan fingerprint density at radius 3 is 2.48 bits per heavy atom. The van der Waals surface area contributed by atoms with Crippen molar-refractivity contribution in [1.82, 2.24) is 9.80 Å². The molecule has 1 unspecified atom stereocenters. The first-order valence-corrected chi connectivity index (χ1v) is 8.33. The lowest BCUT2D eigenvalue weighted by molar-refractivity contribution is 0.0701. The van der Waals surface area contributed by atoms with Crippen LogP contribution >= 0.6 is 11.3 Å². The molecule has 5 nitrogen and oxygen atoms in total. The maximum Gasteiger partial charge on any atom is 0.345 e. The summed E-state index contributed by atoms with van der Waals surface area (Å²) in [6.07, 6.45) is 4.87. The highest BCUT2D eigenvalue weighted by atomic mass is 32.1. The number of aromatic carboxylic acids is 1. The van der Waals surface area contributed by atoms with E-state index in [1.165, 1.54) is 25.3 Å². The number of hydrogen-bond donors (Lipinski definition) is 1. The molecule has 1 aromatic heterocycles. The van der Waals surface area contributed by atoms with Gasteiger partial charge in [0.15, 0.2) is 0 Å². The summed E-state index contributed by atoms with van der Waals surface area (Å²) in [5, 5.41) is 8.94. The lowest BCUT2D eigenvalue weighted by Gasteiger charge is -2.32. The number of piperidine rings is 1. The molecule has 0 bridgehead atoms. The highest BCUT2D eigenvalue weighted by Gasteiger charge is 2.31. The van der Waals surface area contributed by atoms with Gasteiger partial charge in [0, 0.05) is 19.1 Å². The fraction of sp³-hybridized carbons (Fsp3) is 0.600. The molecule has 0 radical (unpaired) electrons. The van der Waals surface area contributed by atoms with Crippen molar-refractivity contribution < 1.29 is 14.7 Å². The van der Waals surface area contributed by atoms with Crippen LogP contribution in [0.3, 0.4) is 0 Å². The van der Waals surface area contributed by atoms with Crippen LogP contribution in [0.2, 0.25) is 0 Å². The quantitative estimate of drug-likeness (QED) is 0.929. The van der Waals surface area contributed by atoms with Crippen molar-refractivity contribution in [2.24, 2.45) is 0 Å². The molecule has 0 aliphatic carbocycles. The highest BCUT2D eigenvalue weighted by molar-refractivity contribution is 7.15. The fourth-order valence-electron chi connectivity index (χ4n) is 3.23. The minimum atomic E-state index is -0.966. The number of carboxylic acid groups (broad SMARTS) is 1. The average molecular weight is 308 g/mol. The van der Waals surface area contributed by atoms with Gasteiger partial charge in [-0.25, -0.2) is 4.79 Å². The molecule has 6 heteroatoms. The number of hydrogen-bond acceptors (Lipinski definition) is 4. The summed E-state index contributed by atoms with van der Waals surface area (Å²) in [6.45, 7) is 3.85. The third-order valence-electron chi connectivity index (χ3n) is 4.39. The lowest BCUT2D eigenvalue weighted by Crippen LogP contribution is -2.41. The van der Waals surface area contributed by atoms with Crippen LogP contribution in [-0.2, 0) is 0 Å². The first-order chi connectivity index (χ1) is 10.1. The molecule has 1 aromatic rings. The Hall–Kier alpha value is -1.40. The molecule has 3 heterocycles. The van der Waals surface area contributed by atoms with E-state index in [4.69, 9.17) is 5.11 Å². The molecule has 21 heavy (non-hydrogen) atoms. The van der Waals surface area contributed by atoms with E-state index in [1.54, 1.807) is 6.07 Å². The minimum Gasteiger partial charge on any atom is -0.477 e.